The first-order valence-corrected chi connectivity index (χ1v) is 6.38. The van der Waals surface area contributed by atoms with Gasteiger partial charge >= 0.3 is 5.97 Å². The van der Waals surface area contributed by atoms with Gasteiger partial charge in [0.2, 0.25) is 0 Å². The largest absolute Gasteiger partial charge is 0.476 e. The van der Waals surface area contributed by atoms with Crippen LogP contribution < -0.4 is 11.1 Å². The Bertz CT molecular complexity index is 631. The van der Waals surface area contributed by atoms with Gasteiger partial charge in [0, 0.05) is 17.9 Å². The number of nitrogen functional groups attached to an aromatic ring is 1. The van der Waals surface area contributed by atoms with Crippen LogP contribution in [0.2, 0.25) is 0 Å². The van der Waals surface area contributed by atoms with E-state index in [-0.39, 0.29) is 5.69 Å². The molecule has 0 atom stereocenters. The minimum absolute atomic E-state index is 0.0745. The van der Waals surface area contributed by atoms with Crippen molar-refractivity contribution in [2.45, 2.75) is 31.8 Å². The highest BCUT2D eigenvalue weighted by atomic mass is 16.4. The van der Waals surface area contributed by atoms with Crippen molar-refractivity contribution in [3.05, 3.63) is 29.8 Å². The van der Waals surface area contributed by atoms with Gasteiger partial charge in [-0.3, -0.25) is 4.40 Å². The molecule has 1 fully saturated rings. The van der Waals surface area contributed by atoms with Gasteiger partial charge in [-0.25, -0.2) is 9.78 Å². The van der Waals surface area contributed by atoms with Crippen molar-refractivity contribution in [1.82, 2.24) is 14.7 Å². The molecule has 1 aliphatic carbocycles. The summed E-state index contributed by atoms with van der Waals surface area (Å²) < 4.78 is 1.75. The summed E-state index contributed by atoms with van der Waals surface area (Å²) in [6, 6.07) is 3.91. The summed E-state index contributed by atoms with van der Waals surface area (Å²) in [5.41, 5.74) is 7.00. The van der Waals surface area contributed by atoms with E-state index in [1.807, 2.05) is 0 Å². The number of anilines is 1. The van der Waals surface area contributed by atoms with E-state index in [9.17, 15) is 9.90 Å². The molecule has 2 heterocycles. The number of nitrogens with zero attached hydrogens (tertiary/aromatic N) is 2. The lowest BCUT2D eigenvalue weighted by molar-refractivity contribution is 0.0693. The van der Waals surface area contributed by atoms with E-state index in [1.54, 1.807) is 22.7 Å². The van der Waals surface area contributed by atoms with Gasteiger partial charge < -0.3 is 16.2 Å². The van der Waals surface area contributed by atoms with Crippen LogP contribution in [0, 0.1) is 0 Å². The van der Waals surface area contributed by atoms with Crippen LogP contribution in [-0.2, 0) is 6.54 Å². The molecule has 6 nitrogen and oxygen atoms in total. The summed E-state index contributed by atoms with van der Waals surface area (Å²) in [5, 5.41) is 12.6. The van der Waals surface area contributed by atoms with Crippen molar-refractivity contribution in [3.8, 4) is 0 Å². The Balaban J connectivity index is 1.96. The van der Waals surface area contributed by atoms with Crippen LogP contribution in [0.5, 0.6) is 0 Å². The molecule has 0 amide bonds. The van der Waals surface area contributed by atoms with Gasteiger partial charge in [0.15, 0.2) is 5.69 Å². The van der Waals surface area contributed by atoms with Gasteiger partial charge in [0.05, 0.1) is 12.1 Å². The molecule has 1 aliphatic rings. The first-order valence-electron chi connectivity index (χ1n) is 6.38. The molecule has 0 radical (unpaired) electrons. The summed E-state index contributed by atoms with van der Waals surface area (Å²) in [4.78, 5) is 15.4. The van der Waals surface area contributed by atoms with Gasteiger partial charge in [-0.1, -0.05) is 6.42 Å². The minimum atomic E-state index is -1.02. The normalized spacial score (nSPS) is 15.6. The average Bonchev–Trinajstić information content (AvgIpc) is 2.66. The molecule has 3 rings (SSSR count). The lowest BCUT2D eigenvalue weighted by Gasteiger charge is -2.26. The summed E-state index contributed by atoms with van der Waals surface area (Å²) in [6.45, 7) is 0.558. The summed E-state index contributed by atoms with van der Waals surface area (Å²) in [7, 11) is 0. The fourth-order valence-electron chi connectivity index (χ4n) is 2.29. The summed E-state index contributed by atoms with van der Waals surface area (Å²) >= 11 is 0. The maximum atomic E-state index is 11.2. The maximum absolute atomic E-state index is 11.2. The Morgan fingerprint density at radius 2 is 2.32 bits per heavy atom. The lowest BCUT2D eigenvalue weighted by atomic mass is 9.93. The number of hydrogen-bond donors (Lipinski definition) is 3. The van der Waals surface area contributed by atoms with Gasteiger partial charge in [-0.2, -0.15) is 0 Å². The molecular weight excluding hydrogens is 244 g/mol. The smallest absolute Gasteiger partial charge is 0.356 e. The fourth-order valence-corrected chi connectivity index (χ4v) is 2.29. The number of carboxylic acids is 1. The molecule has 0 spiro atoms. The third kappa shape index (κ3) is 2.15. The van der Waals surface area contributed by atoms with Crippen molar-refractivity contribution < 1.29 is 9.90 Å². The molecular formula is C13H16N4O2. The summed E-state index contributed by atoms with van der Waals surface area (Å²) in [5.74, 6) is -0.330. The lowest BCUT2D eigenvalue weighted by Crippen LogP contribution is -2.35. The first kappa shape index (κ1) is 12.0. The first-order chi connectivity index (χ1) is 9.15. The fraction of sp³-hybridized carbons (Fsp3) is 0.385. The number of fused-ring (bicyclic) bond motifs is 1. The topological polar surface area (TPSA) is 92.7 Å². The number of hydrogen-bond acceptors (Lipinski definition) is 4. The van der Waals surface area contributed by atoms with Gasteiger partial charge in [0.1, 0.15) is 5.82 Å². The quantitative estimate of drug-likeness (QED) is 0.769. The molecule has 0 bridgehead atoms. The van der Waals surface area contributed by atoms with E-state index in [0.717, 1.165) is 0 Å². The average molecular weight is 260 g/mol. The van der Waals surface area contributed by atoms with E-state index >= 15 is 0 Å². The third-order valence-corrected chi connectivity index (χ3v) is 3.59. The number of carboxylic acid groups (broad SMARTS) is 1. The standard InChI is InChI=1S/C13H16N4O2/c14-8-4-5-10-12(13(18)19)16-11(17(10)7-8)6-15-9-2-1-3-9/h4-5,7,9,15H,1-3,6,14H2,(H,18,19). The number of rotatable bonds is 4. The van der Waals surface area contributed by atoms with Crippen LogP contribution in [0.15, 0.2) is 18.3 Å². The second-order valence-corrected chi connectivity index (χ2v) is 4.91. The summed E-state index contributed by atoms with van der Waals surface area (Å²) in [6.07, 6.45) is 5.33. The molecule has 0 saturated heterocycles. The van der Waals surface area contributed by atoms with E-state index in [0.29, 0.717) is 29.6 Å². The van der Waals surface area contributed by atoms with Gasteiger partial charge in [0.25, 0.3) is 0 Å². The zero-order valence-electron chi connectivity index (χ0n) is 10.5. The number of aromatic carboxylic acids is 1. The molecule has 4 N–H and O–H groups in total. The highest BCUT2D eigenvalue weighted by molar-refractivity contribution is 5.93. The molecule has 0 aliphatic heterocycles. The van der Waals surface area contributed by atoms with Crippen LogP contribution in [0.4, 0.5) is 5.69 Å². The number of carbonyl (C=O) groups is 1. The Hall–Kier alpha value is -2.08. The van der Waals surface area contributed by atoms with E-state index in [2.05, 4.69) is 10.3 Å². The van der Waals surface area contributed by atoms with Crippen LogP contribution in [0.25, 0.3) is 5.52 Å². The van der Waals surface area contributed by atoms with Crippen molar-refractivity contribution in [2.75, 3.05) is 5.73 Å². The Morgan fingerprint density at radius 1 is 1.53 bits per heavy atom. The third-order valence-electron chi connectivity index (χ3n) is 3.59. The SMILES string of the molecule is Nc1ccc2c(C(=O)O)nc(CNC3CCC3)n2c1. The van der Waals surface area contributed by atoms with Crippen LogP contribution in [-0.4, -0.2) is 26.5 Å². The number of aromatic nitrogens is 2. The van der Waals surface area contributed by atoms with E-state index < -0.39 is 5.97 Å². The molecule has 100 valence electrons. The van der Waals surface area contributed by atoms with Crippen LogP contribution >= 0.6 is 0 Å². The molecule has 0 unspecified atom stereocenters. The van der Waals surface area contributed by atoms with Crippen molar-refractivity contribution in [2.24, 2.45) is 0 Å². The minimum Gasteiger partial charge on any atom is -0.476 e. The molecule has 2 aromatic heterocycles. The van der Waals surface area contributed by atoms with Gasteiger partial charge in [-0.15, -0.1) is 0 Å². The molecule has 1 saturated carbocycles. The highest BCUT2D eigenvalue weighted by Crippen LogP contribution is 2.20. The second kappa shape index (κ2) is 4.55. The van der Waals surface area contributed by atoms with E-state index in [4.69, 9.17) is 5.73 Å². The number of imidazole rings is 1. The van der Waals surface area contributed by atoms with Crippen LogP contribution in [0.3, 0.4) is 0 Å². The second-order valence-electron chi connectivity index (χ2n) is 4.91. The van der Waals surface area contributed by atoms with E-state index in [1.165, 1.54) is 19.3 Å². The van der Waals surface area contributed by atoms with Gasteiger partial charge in [-0.05, 0) is 25.0 Å². The van der Waals surface area contributed by atoms with Crippen molar-refractivity contribution in [3.63, 3.8) is 0 Å². The number of pyridine rings is 1. The van der Waals surface area contributed by atoms with Crippen molar-refractivity contribution >= 4 is 17.2 Å². The maximum Gasteiger partial charge on any atom is 0.356 e. The number of nitrogens with one attached hydrogen (secondary N) is 1. The van der Waals surface area contributed by atoms with Crippen molar-refractivity contribution in [1.29, 1.82) is 0 Å². The zero-order valence-corrected chi connectivity index (χ0v) is 10.5. The Kier molecular flexibility index (Phi) is 2.87. The Labute approximate surface area is 110 Å². The Morgan fingerprint density at radius 3 is 2.95 bits per heavy atom. The molecule has 19 heavy (non-hydrogen) atoms. The predicted molar refractivity (Wildman–Crippen MR) is 71.0 cm³/mol. The molecule has 0 aromatic carbocycles. The predicted octanol–water partition coefficient (Wildman–Crippen LogP) is 1.26. The number of nitrogens with two attached hydrogens (primary N) is 1. The zero-order chi connectivity index (χ0) is 13.4. The molecule has 2 aromatic rings. The monoisotopic (exact) mass is 260 g/mol. The van der Waals surface area contributed by atoms with Crippen LogP contribution in [0.1, 0.15) is 35.6 Å². The highest BCUT2D eigenvalue weighted by Gasteiger charge is 2.20. The molecule has 6 heteroatoms.